The van der Waals surface area contributed by atoms with E-state index in [1.165, 1.54) is 43.5 Å². The van der Waals surface area contributed by atoms with E-state index in [0.717, 1.165) is 0 Å². The predicted molar refractivity (Wildman–Crippen MR) is 113 cm³/mol. The van der Waals surface area contributed by atoms with Gasteiger partial charge < -0.3 is 20.1 Å². The third-order valence-corrected chi connectivity index (χ3v) is 4.34. The lowest BCUT2D eigenvalue weighted by molar-refractivity contribution is -0.118. The summed E-state index contributed by atoms with van der Waals surface area (Å²) in [6.07, 6.45) is 0. The van der Waals surface area contributed by atoms with Crippen molar-refractivity contribution in [2.24, 2.45) is 0 Å². The summed E-state index contributed by atoms with van der Waals surface area (Å²) in [4.78, 5) is 24.6. The van der Waals surface area contributed by atoms with E-state index in [0.29, 0.717) is 28.4 Å². The number of rotatable bonds is 7. The number of carbonyl (C=O) groups is 2. The first kappa shape index (κ1) is 21.1. The summed E-state index contributed by atoms with van der Waals surface area (Å²) in [6, 6.07) is 17.0. The fourth-order valence-electron chi connectivity index (χ4n) is 2.57. The van der Waals surface area contributed by atoms with Crippen molar-refractivity contribution >= 4 is 34.8 Å². The summed E-state index contributed by atoms with van der Waals surface area (Å²) in [5.74, 6) is -0.530. The second-order valence-electron chi connectivity index (χ2n) is 6.14. The zero-order valence-corrected chi connectivity index (χ0v) is 16.7. The number of methoxy groups -OCH3 is 1. The molecule has 0 bridgehead atoms. The van der Waals surface area contributed by atoms with Crippen molar-refractivity contribution in [1.29, 1.82) is 0 Å². The quantitative estimate of drug-likeness (QED) is 0.569. The zero-order chi connectivity index (χ0) is 21.5. The van der Waals surface area contributed by atoms with Gasteiger partial charge >= 0.3 is 0 Å². The Hall–Kier alpha value is -3.58. The molecule has 0 aliphatic heterocycles. The zero-order valence-electron chi connectivity index (χ0n) is 15.9. The van der Waals surface area contributed by atoms with Crippen LogP contribution in [0.25, 0.3) is 0 Å². The van der Waals surface area contributed by atoms with Crippen LogP contribution in [0.1, 0.15) is 10.4 Å². The van der Waals surface area contributed by atoms with Crippen LogP contribution in [0.4, 0.5) is 15.8 Å². The molecule has 0 heterocycles. The minimum Gasteiger partial charge on any atom is -0.494 e. The van der Waals surface area contributed by atoms with Gasteiger partial charge in [0.25, 0.3) is 11.8 Å². The van der Waals surface area contributed by atoms with E-state index < -0.39 is 11.7 Å². The van der Waals surface area contributed by atoms with Gasteiger partial charge in [0.2, 0.25) is 0 Å². The fraction of sp³-hybridized carbons (Fsp3) is 0.0909. The molecule has 0 aliphatic rings. The molecule has 0 spiro atoms. The van der Waals surface area contributed by atoms with Gasteiger partial charge in [-0.25, -0.2) is 4.39 Å². The maximum atomic E-state index is 12.9. The van der Waals surface area contributed by atoms with Gasteiger partial charge in [-0.15, -0.1) is 0 Å². The smallest absolute Gasteiger partial charge is 0.262 e. The van der Waals surface area contributed by atoms with Crippen LogP contribution in [-0.2, 0) is 4.79 Å². The van der Waals surface area contributed by atoms with E-state index >= 15 is 0 Å². The summed E-state index contributed by atoms with van der Waals surface area (Å²) >= 11 is 6.27. The summed E-state index contributed by atoms with van der Waals surface area (Å²) in [6.45, 7) is -0.293. The predicted octanol–water partition coefficient (Wildman–Crippen LogP) is 4.76. The van der Waals surface area contributed by atoms with E-state index in [1.54, 1.807) is 24.3 Å². The summed E-state index contributed by atoms with van der Waals surface area (Å²) < 4.78 is 23.5. The molecule has 154 valence electrons. The molecule has 2 amide bonds. The average molecular weight is 429 g/mol. The summed E-state index contributed by atoms with van der Waals surface area (Å²) in [7, 11) is 1.43. The number of halogens is 2. The van der Waals surface area contributed by atoms with Gasteiger partial charge in [-0.05, 0) is 42.5 Å². The number of carbonyl (C=O) groups excluding carboxylic acids is 2. The van der Waals surface area contributed by atoms with Crippen molar-refractivity contribution in [3.8, 4) is 11.5 Å². The van der Waals surface area contributed by atoms with Crippen LogP contribution in [0.2, 0.25) is 5.02 Å². The Morgan fingerprint density at radius 2 is 1.67 bits per heavy atom. The van der Waals surface area contributed by atoms with E-state index in [2.05, 4.69) is 10.6 Å². The van der Waals surface area contributed by atoms with Crippen LogP contribution in [-0.4, -0.2) is 25.5 Å². The van der Waals surface area contributed by atoms with Gasteiger partial charge in [0.1, 0.15) is 17.3 Å². The number of hydrogen-bond donors (Lipinski definition) is 2. The molecule has 3 aromatic rings. The Morgan fingerprint density at radius 1 is 0.967 bits per heavy atom. The van der Waals surface area contributed by atoms with Crippen LogP contribution in [0.3, 0.4) is 0 Å². The van der Waals surface area contributed by atoms with Crippen molar-refractivity contribution in [3.05, 3.63) is 83.1 Å². The van der Waals surface area contributed by atoms with Gasteiger partial charge in [-0.2, -0.15) is 0 Å². The molecule has 30 heavy (non-hydrogen) atoms. The summed E-state index contributed by atoms with van der Waals surface area (Å²) in [5, 5.41) is 5.57. The largest absolute Gasteiger partial charge is 0.494 e. The number of amides is 2. The Labute approximate surface area is 177 Å². The van der Waals surface area contributed by atoms with Crippen molar-refractivity contribution in [2.45, 2.75) is 0 Å². The van der Waals surface area contributed by atoms with Gasteiger partial charge in [0.15, 0.2) is 6.61 Å². The number of nitrogens with one attached hydrogen (secondary N) is 2. The molecule has 8 heteroatoms. The van der Waals surface area contributed by atoms with Gasteiger partial charge in [0, 0.05) is 11.6 Å². The molecule has 0 fully saturated rings. The molecule has 0 atom stereocenters. The molecule has 2 N–H and O–H groups in total. The lowest BCUT2D eigenvalue weighted by Crippen LogP contribution is -2.20. The second kappa shape index (κ2) is 9.76. The average Bonchev–Trinajstić information content (AvgIpc) is 2.75. The first-order valence-electron chi connectivity index (χ1n) is 8.88. The third-order valence-electron chi connectivity index (χ3n) is 4.03. The van der Waals surface area contributed by atoms with Crippen LogP contribution in [0, 0.1) is 5.82 Å². The van der Waals surface area contributed by atoms with E-state index in [9.17, 15) is 14.0 Å². The van der Waals surface area contributed by atoms with Crippen molar-refractivity contribution in [1.82, 2.24) is 0 Å². The fourth-order valence-corrected chi connectivity index (χ4v) is 2.78. The lowest BCUT2D eigenvalue weighted by atomic mass is 10.2. The maximum absolute atomic E-state index is 12.9. The van der Waals surface area contributed by atoms with Crippen LogP contribution < -0.4 is 20.1 Å². The molecule has 0 aliphatic carbocycles. The normalized spacial score (nSPS) is 10.2. The number of anilines is 2. The highest BCUT2D eigenvalue weighted by molar-refractivity contribution is 6.34. The Bertz CT molecular complexity index is 1040. The lowest BCUT2D eigenvalue weighted by Gasteiger charge is -2.15. The second-order valence-corrected chi connectivity index (χ2v) is 6.55. The third kappa shape index (κ3) is 5.48. The molecular formula is C22H18ClFN2O4. The first-order chi connectivity index (χ1) is 14.5. The Balaban J connectivity index is 1.68. The number of ether oxygens (including phenoxy) is 2. The highest BCUT2D eigenvalue weighted by Crippen LogP contribution is 2.34. The number of benzene rings is 3. The van der Waals surface area contributed by atoms with Crippen molar-refractivity contribution in [2.75, 3.05) is 24.4 Å². The van der Waals surface area contributed by atoms with E-state index in [4.69, 9.17) is 21.1 Å². The molecule has 3 rings (SSSR count). The van der Waals surface area contributed by atoms with E-state index in [-0.39, 0.29) is 17.5 Å². The first-order valence-corrected chi connectivity index (χ1v) is 9.26. The van der Waals surface area contributed by atoms with Crippen LogP contribution in [0.5, 0.6) is 11.5 Å². The topological polar surface area (TPSA) is 76.7 Å². The summed E-state index contributed by atoms with van der Waals surface area (Å²) in [5.41, 5.74) is 1.12. The molecule has 3 aromatic carbocycles. The van der Waals surface area contributed by atoms with Crippen molar-refractivity contribution < 1.29 is 23.5 Å². The van der Waals surface area contributed by atoms with Gasteiger partial charge in [-0.3, -0.25) is 9.59 Å². The molecule has 0 saturated carbocycles. The Kier molecular flexibility index (Phi) is 6.87. The highest BCUT2D eigenvalue weighted by atomic mass is 35.5. The Morgan fingerprint density at radius 3 is 2.33 bits per heavy atom. The SMILES string of the molecule is COc1cc(NC(=O)c2ccccc2)c(Cl)cc1NC(=O)COc1ccc(F)cc1. The minimum atomic E-state index is -0.463. The molecule has 0 radical (unpaired) electrons. The molecule has 0 unspecified atom stereocenters. The molecule has 0 aromatic heterocycles. The molecule has 6 nitrogen and oxygen atoms in total. The van der Waals surface area contributed by atoms with Crippen LogP contribution >= 0.6 is 11.6 Å². The van der Waals surface area contributed by atoms with Crippen molar-refractivity contribution in [3.63, 3.8) is 0 Å². The van der Waals surface area contributed by atoms with Gasteiger partial charge in [0.05, 0.1) is 23.5 Å². The molecular weight excluding hydrogens is 411 g/mol. The monoisotopic (exact) mass is 428 g/mol. The van der Waals surface area contributed by atoms with Crippen LogP contribution in [0.15, 0.2) is 66.7 Å². The molecule has 0 saturated heterocycles. The van der Waals surface area contributed by atoms with E-state index in [1.807, 2.05) is 6.07 Å². The number of hydrogen-bond acceptors (Lipinski definition) is 4. The van der Waals surface area contributed by atoms with Gasteiger partial charge in [-0.1, -0.05) is 29.8 Å². The standard InChI is InChI=1S/C22H18ClFN2O4/c1-29-20-12-18(26-22(28)14-5-3-2-4-6-14)17(23)11-19(20)25-21(27)13-30-16-9-7-15(24)8-10-16/h2-12H,13H2,1H3,(H,25,27)(H,26,28). The minimum absolute atomic E-state index is 0.217. The maximum Gasteiger partial charge on any atom is 0.262 e. The highest BCUT2D eigenvalue weighted by Gasteiger charge is 2.15.